The van der Waals surface area contributed by atoms with Crippen LogP contribution in [0.2, 0.25) is 0 Å². The van der Waals surface area contributed by atoms with E-state index in [0.29, 0.717) is 18.1 Å². The molecule has 31 heavy (non-hydrogen) atoms. The van der Waals surface area contributed by atoms with Gasteiger partial charge in [-0.2, -0.15) is 13.2 Å². The maximum absolute atomic E-state index is 13.1. The van der Waals surface area contributed by atoms with Crippen molar-refractivity contribution in [2.45, 2.75) is 32.0 Å². The van der Waals surface area contributed by atoms with Crippen LogP contribution in [0, 0.1) is 0 Å². The lowest BCUT2D eigenvalue weighted by Crippen LogP contribution is -2.42. The molecule has 0 saturated heterocycles. The van der Waals surface area contributed by atoms with Gasteiger partial charge in [-0.15, -0.1) is 0 Å². The van der Waals surface area contributed by atoms with Gasteiger partial charge in [0.05, 0.1) is 24.4 Å². The average molecular weight is 437 g/mol. The minimum absolute atomic E-state index is 0.0403. The monoisotopic (exact) mass is 437 g/mol. The molecular formula is C21H22F3N3O4. The zero-order valence-corrected chi connectivity index (χ0v) is 16.7. The highest BCUT2D eigenvalue weighted by Crippen LogP contribution is 2.37. The molecule has 1 aliphatic rings. The summed E-state index contributed by atoms with van der Waals surface area (Å²) in [6.45, 7) is 1.92. The molecule has 0 radical (unpaired) electrons. The Balaban J connectivity index is 1.70. The van der Waals surface area contributed by atoms with Crippen LogP contribution in [0.3, 0.4) is 0 Å². The second kappa shape index (κ2) is 9.59. The van der Waals surface area contributed by atoms with Gasteiger partial charge in [0.25, 0.3) is 0 Å². The third-order valence-electron chi connectivity index (χ3n) is 4.27. The lowest BCUT2D eigenvalue weighted by atomic mass is 10.1. The van der Waals surface area contributed by atoms with Crippen LogP contribution in [0.25, 0.3) is 0 Å². The van der Waals surface area contributed by atoms with Crippen LogP contribution in [0.5, 0.6) is 17.2 Å². The molecule has 166 valence electrons. The highest BCUT2D eigenvalue weighted by Gasteiger charge is 2.31. The molecule has 0 bridgehead atoms. The number of ether oxygens (including phenoxy) is 2. The number of urea groups is 1. The maximum atomic E-state index is 13.1. The first-order valence-electron chi connectivity index (χ1n) is 9.71. The van der Waals surface area contributed by atoms with Crippen molar-refractivity contribution in [1.29, 1.82) is 0 Å². The summed E-state index contributed by atoms with van der Waals surface area (Å²) in [7, 11) is 0. The van der Waals surface area contributed by atoms with Gasteiger partial charge in [0.1, 0.15) is 11.5 Å². The fourth-order valence-corrected chi connectivity index (χ4v) is 2.63. The van der Waals surface area contributed by atoms with Crippen molar-refractivity contribution in [1.82, 2.24) is 10.6 Å². The molecule has 7 nitrogen and oxygen atoms in total. The lowest BCUT2D eigenvalue weighted by molar-refractivity contribution is -0.137. The van der Waals surface area contributed by atoms with Gasteiger partial charge < -0.3 is 20.1 Å². The number of carbonyl (C=O) groups is 2. The number of halogens is 3. The molecule has 0 unspecified atom stereocenters. The molecule has 0 aromatic heterocycles. The number of anilines is 1. The van der Waals surface area contributed by atoms with E-state index >= 15 is 0 Å². The van der Waals surface area contributed by atoms with Crippen molar-refractivity contribution in [3.05, 3.63) is 48.0 Å². The highest BCUT2D eigenvalue weighted by molar-refractivity contribution is 5.96. The predicted octanol–water partition coefficient (Wildman–Crippen LogP) is 4.30. The van der Waals surface area contributed by atoms with Crippen LogP contribution >= 0.6 is 0 Å². The van der Waals surface area contributed by atoms with Crippen LogP contribution in [-0.2, 0) is 11.0 Å². The average Bonchev–Trinajstić information content (AvgIpc) is 3.52. The van der Waals surface area contributed by atoms with Crippen molar-refractivity contribution in [2.24, 2.45) is 0 Å². The molecule has 1 fully saturated rings. The Morgan fingerprint density at radius 3 is 2.35 bits per heavy atom. The number of imide groups is 1. The quantitative estimate of drug-likeness (QED) is 0.573. The molecule has 1 aliphatic carbocycles. The largest absolute Gasteiger partial charge is 0.494 e. The van der Waals surface area contributed by atoms with Crippen LogP contribution in [0.4, 0.5) is 23.7 Å². The molecule has 0 spiro atoms. The number of nitrogens with one attached hydrogen (secondary N) is 3. The van der Waals surface area contributed by atoms with Crippen LogP contribution < -0.4 is 25.4 Å². The van der Waals surface area contributed by atoms with E-state index in [1.807, 2.05) is 6.92 Å². The number of hydrogen-bond donors (Lipinski definition) is 3. The molecular weight excluding hydrogens is 415 g/mol. The normalized spacial score (nSPS) is 13.3. The van der Waals surface area contributed by atoms with Crippen molar-refractivity contribution >= 4 is 17.6 Å². The summed E-state index contributed by atoms with van der Waals surface area (Å²) in [5, 5.41) is 7.32. The standard InChI is InChI=1S/C21H22F3N3O4/c1-2-30-15-6-8-16(9-7-15)31-18-10-3-13(21(22,23)24)11-17(18)25-12-19(28)27-20(29)26-14-4-5-14/h3,6-11,14,25H,2,4-5,12H2,1H3,(H2,26,27,28,29). The van der Waals surface area contributed by atoms with Gasteiger partial charge in [0.2, 0.25) is 5.91 Å². The summed E-state index contributed by atoms with van der Waals surface area (Å²) < 4.78 is 50.4. The van der Waals surface area contributed by atoms with Crippen molar-refractivity contribution in [2.75, 3.05) is 18.5 Å². The van der Waals surface area contributed by atoms with Gasteiger partial charge in [-0.25, -0.2) is 4.79 Å². The van der Waals surface area contributed by atoms with E-state index in [0.717, 1.165) is 25.0 Å². The summed E-state index contributed by atoms with van der Waals surface area (Å²) in [5.74, 6) is 0.399. The third-order valence-corrected chi connectivity index (χ3v) is 4.27. The topological polar surface area (TPSA) is 88.7 Å². The summed E-state index contributed by atoms with van der Waals surface area (Å²) in [5.41, 5.74) is -0.942. The van der Waals surface area contributed by atoms with E-state index in [1.54, 1.807) is 24.3 Å². The third kappa shape index (κ3) is 6.80. The molecule has 2 aromatic rings. The van der Waals surface area contributed by atoms with Crippen molar-refractivity contribution in [3.8, 4) is 17.2 Å². The second-order valence-electron chi connectivity index (χ2n) is 6.86. The summed E-state index contributed by atoms with van der Waals surface area (Å²) in [4.78, 5) is 23.6. The van der Waals surface area contributed by atoms with Crippen molar-refractivity contribution < 1.29 is 32.2 Å². The molecule has 3 rings (SSSR count). The van der Waals surface area contributed by atoms with Crippen LogP contribution in [-0.4, -0.2) is 31.1 Å². The Morgan fingerprint density at radius 2 is 1.74 bits per heavy atom. The number of benzene rings is 2. The molecule has 2 aromatic carbocycles. The van der Waals surface area contributed by atoms with Gasteiger partial charge in [-0.1, -0.05) is 0 Å². The number of amides is 3. The summed E-state index contributed by atoms with van der Waals surface area (Å²) in [6.07, 6.45) is -2.85. The van der Waals surface area contributed by atoms with E-state index in [2.05, 4.69) is 16.0 Å². The van der Waals surface area contributed by atoms with Gasteiger partial charge >= 0.3 is 12.2 Å². The Hall–Kier alpha value is -3.43. The Labute approximate surface area is 176 Å². The van der Waals surface area contributed by atoms with Gasteiger partial charge in [0, 0.05) is 6.04 Å². The van der Waals surface area contributed by atoms with Crippen molar-refractivity contribution in [3.63, 3.8) is 0 Å². The minimum Gasteiger partial charge on any atom is -0.494 e. The molecule has 10 heteroatoms. The number of alkyl halides is 3. The zero-order chi connectivity index (χ0) is 22.4. The number of carbonyl (C=O) groups excluding carboxylic acids is 2. The first-order chi connectivity index (χ1) is 14.7. The van der Waals surface area contributed by atoms with Gasteiger partial charge in [-0.05, 0) is 62.2 Å². The zero-order valence-electron chi connectivity index (χ0n) is 16.7. The summed E-state index contributed by atoms with van der Waals surface area (Å²) in [6, 6.07) is 8.90. The predicted molar refractivity (Wildman–Crippen MR) is 107 cm³/mol. The maximum Gasteiger partial charge on any atom is 0.416 e. The van der Waals surface area contributed by atoms with Gasteiger partial charge in [0.15, 0.2) is 5.75 Å². The minimum atomic E-state index is -4.57. The Bertz CT molecular complexity index is 928. The molecule has 3 amide bonds. The fraction of sp³-hybridized carbons (Fsp3) is 0.333. The first kappa shape index (κ1) is 22.3. The number of rotatable bonds is 8. The van der Waals surface area contributed by atoms with E-state index in [1.165, 1.54) is 6.07 Å². The molecule has 0 atom stereocenters. The van der Waals surface area contributed by atoms with E-state index < -0.39 is 30.2 Å². The first-order valence-corrected chi connectivity index (χ1v) is 9.71. The van der Waals surface area contributed by atoms with Gasteiger partial charge in [-0.3, -0.25) is 10.1 Å². The van der Waals surface area contributed by atoms with E-state index in [-0.39, 0.29) is 17.5 Å². The Kier molecular flexibility index (Phi) is 6.88. The fourth-order valence-electron chi connectivity index (χ4n) is 2.63. The SMILES string of the molecule is CCOc1ccc(Oc2ccc(C(F)(F)F)cc2NCC(=O)NC(=O)NC2CC2)cc1. The molecule has 0 heterocycles. The van der Waals surface area contributed by atoms with E-state index in [4.69, 9.17) is 9.47 Å². The van der Waals surface area contributed by atoms with Crippen LogP contribution in [0.15, 0.2) is 42.5 Å². The Morgan fingerprint density at radius 1 is 1.06 bits per heavy atom. The number of hydrogen-bond acceptors (Lipinski definition) is 5. The van der Waals surface area contributed by atoms with Crippen LogP contribution in [0.1, 0.15) is 25.3 Å². The lowest BCUT2D eigenvalue weighted by Gasteiger charge is -2.16. The molecule has 1 saturated carbocycles. The smallest absolute Gasteiger partial charge is 0.416 e. The molecule has 3 N–H and O–H groups in total. The second-order valence-corrected chi connectivity index (χ2v) is 6.86. The highest BCUT2D eigenvalue weighted by atomic mass is 19.4. The summed E-state index contributed by atoms with van der Waals surface area (Å²) >= 11 is 0. The van der Waals surface area contributed by atoms with E-state index in [9.17, 15) is 22.8 Å². The molecule has 0 aliphatic heterocycles.